The van der Waals surface area contributed by atoms with Crippen molar-refractivity contribution in [2.75, 3.05) is 7.11 Å². The van der Waals surface area contributed by atoms with Crippen molar-refractivity contribution in [3.05, 3.63) is 28.8 Å². The van der Waals surface area contributed by atoms with Gasteiger partial charge < -0.3 is 10.5 Å². The molecule has 0 spiro atoms. The normalized spacial score (nSPS) is 21.7. The van der Waals surface area contributed by atoms with Crippen LogP contribution in [0.1, 0.15) is 55.2 Å². The van der Waals surface area contributed by atoms with Crippen molar-refractivity contribution in [1.82, 2.24) is 0 Å². The highest BCUT2D eigenvalue weighted by Gasteiger charge is 2.33. The zero-order valence-corrected chi connectivity index (χ0v) is 11.3. The molecule has 98 valence electrons. The predicted molar refractivity (Wildman–Crippen MR) is 74.0 cm³/mol. The molecule has 0 amide bonds. The zero-order valence-electron chi connectivity index (χ0n) is 11.3. The Hall–Kier alpha value is -1.02. The maximum atomic E-state index is 6.70. The molecule has 0 radical (unpaired) electrons. The van der Waals surface area contributed by atoms with Crippen LogP contribution in [0.2, 0.25) is 0 Å². The minimum absolute atomic E-state index is 0.0705. The number of methoxy groups -OCH3 is 1. The van der Waals surface area contributed by atoms with Gasteiger partial charge in [0.1, 0.15) is 5.75 Å². The van der Waals surface area contributed by atoms with Crippen molar-refractivity contribution in [2.24, 2.45) is 5.73 Å². The lowest BCUT2D eigenvalue weighted by molar-refractivity contribution is 0.300. The Morgan fingerprint density at radius 2 is 1.72 bits per heavy atom. The third-order valence-corrected chi connectivity index (χ3v) is 4.74. The van der Waals surface area contributed by atoms with Gasteiger partial charge in [0, 0.05) is 5.54 Å². The van der Waals surface area contributed by atoms with Crippen LogP contribution in [0, 0.1) is 0 Å². The third-order valence-electron chi connectivity index (χ3n) is 4.74. The lowest BCUT2D eigenvalue weighted by atomic mass is 9.75. The van der Waals surface area contributed by atoms with Crippen LogP contribution in [0.3, 0.4) is 0 Å². The first-order valence-corrected chi connectivity index (χ1v) is 7.23. The lowest BCUT2D eigenvalue weighted by Crippen LogP contribution is -2.39. The first-order valence-electron chi connectivity index (χ1n) is 7.23. The van der Waals surface area contributed by atoms with Gasteiger partial charge in [-0.25, -0.2) is 0 Å². The minimum atomic E-state index is -0.0705. The monoisotopic (exact) mass is 245 g/mol. The van der Waals surface area contributed by atoms with Crippen molar-refractivity contribution in [2.45, 2.75) is 56.9 Å². The molecule has 0 saturated heterocycles. The molecule has 18 heavy (non-hydrogen) atoms. The summed E-state index contributed by atoms with van der Waals surface area (Å²) >= 11 is 0. The molecular weight excluding hydrogens is 222 g/mol. The molecule has 1 fully saturated rings. The molecule has 1 aromatic rings. The molecule has 0 aromatic heterocycles. The van der Waals surface area contributed by atoms with Gasteiger partial charge in [-0.05, 0) is 54.9 Å². The number of fused-ring (bicyclic) bond motifs is 1. The number of hydrogen-bond acceptors (Lipinski definition) is 2. The molecule has 0 atom stereocenters. The number of hydrogen-bond donors (Lipinski definition) is 1. The van der Waals surface area contributed by atoms with Crippen LogP contribution in [0.5, 0.6) is 5.75 Å². The molecule has 2 N–H and O–H groups in total. The SMILES string of the molecule is COc1ccc(C2(N)CCCCC2)c2c1CCC2. The second-order valence-electron chi connectivity index (χ2n) is 5.84. The molecule has 1 saturated carbocycles. The highest BCUT2D eigenvalue weighted by atomic mass is 16.5. The fourth-order valence-corrected chi connectivity index (χ4v) is 3.78. The molecule has 1 aromatic carbocycles. The van der Waals surface area contributed by atoms with Crippen LogP contribution in [0.15, 0.2) is 12.1 Å². The second-order valence-corrected chi connectivity index (χ2v) is 5.84. The quantitative estimate of drug-likeness (QED) is 0.867. The van der Waals surface area contributed by atoms with E-state index in [0.717, 1.165) is 25.0 Å². The summed E-state index contributed by atoms with van der Waals surface area (Å²) in [5.41, 5.74) is 11.0. The maximum Gasteiger partial charge on any atom is 0.122 e. The molecule has 2 heteroatoms. The fourth-order valence-electron chi connectivity index (χ4n) is 3.78. The van der Waals surface area contributed by atoms with Crippen LogP contribution in [0.25, 0.3) is 0 Å². The van der Waals surface area contributed by atoms with E-state index in [1.54, 1.807) is 7.11 Å². The summed E-state index contributed by atoms with van der Waals surface area (Å²) in [6.45, 7) is 0. The first-order chi connectivity index (χ1) is 8.74. The number of ether oxygens (including phenoxy) is 1. The summed E-state index contributed by atoms with van der Waals surface area (Å²) in [5.74, 6) is 1.06. The van der Waals surface area contributed by atoms with Crippen LogP contribution >= 0.6 is 0 Å². The zero-order chi connectivity index (χ0) is 12.6. The van der Waals surface area contributed by atoms with Crippen LogP contribution in [-0.2, 0) is 18.4 Å². The fraction of sp³-hybridized carbons (Fsp3) is 0.625. The molecule has 0 heterocycles. The van der Waals surface area contributed by atoms with Crippen molar-refractivity contribution in [3.8, 4) is 5.75 Å². The van der Waals surface area contributed by atoms with Gasteiger partial charge in [-0.1, -0.05) is 25.3 Å². The Kier molecular flexibility index (Phi) is 3.06. The first kappa shape index (κ1) is 12.0. The van der Waals surface area contributed by atoms with E-state index in [1.807, 2.05) is 0 Å². The molecule has 2 aliphatic rings. The van der Waals surface area contributed by atoms with Gasteiger partial charge in [0.15, 0.2) is 0 Å². The van der Waals surface area contributed by atoms with Gasteiger partial charge in [-0.3, -0.25) is 0 Å². The Morgan fingerprint density at radius 1 is 1.00 bits per heavy atom. The Morgan fingerprint density at radius 3 is 2.44 bits per heavy atom. The van der Waals surface area contributed by atoms with E-state index in [1.165, 1.54) is 48.8 Å². The average molecular weight is 245 g/mol. The topological polar surface area (TPSA) is 35.2 Å². The summed E-state index contributed by atoms with van der Waals surface area (Å²) in [4.78, 5) is 0. The van der Waals surface area contributed by atoms with Gasteiger partial charge in [0.25, 0.3) is 0 Å². The summed E-state index contributed by atoms with van der Waals surface area (Å²) in [6, 6.07) is 4.36. The smallest absolute Gasteiger partial charge is 0.122 e. The second kappa shape index (κ2) is 4.58. The summed E-state index contributed by atoms with van der Waals surface area (Å²) in [6.07, 6.45) is 9.77. The minimum Gasteiger partial charge on any atom is -0.496 e. The van der Waals surface area contributed by atoms with E-state index in [2.05, 4.69) is 12.1 Å². The van der Waals surface area contributed by atoms with Gasteiger partial charge in [0.2, 0.25) is 0 Å². The molecule has 0 unspecified atom stereocenters. The Balaban J connectivity index is 2.05. The van der Waals surface area contributed by atoms with E-state index in [0.29, 0.717) is 0 Å². The number of nitrogens with two attached hydrogens (primary N) is 1. The van der Waals surface area contributed by atoms with Crippen LogP contribution in [0.4, 0.5) is 0 Å². The number of rotatable bonds is 2. The van der Waals surface area contributed by atoms with E-state index in [9.17, 15) is 0 Å². The molecule has 0 aliphatic heterocycles. The van der Waals surface area contributed by atoms with E-state index < -0.39 is 0 Å². The van der Waals surface area contributed by atoms with E-state index in [-0.39, 0.29) is 5.54 Å². The standard InChI is InChI=1S/C16H23NO/c1-18-15-9-8-14(12-6-5-7-13(12)15)16(17)10-3-2-4-11-16/h8-9H,2-7,10-11,17H2,1H3. The third kappa shape index (κ3) is 1.83. The number of benzene rings is 1. The summed E-state index contributed by atoms with van der Waals surface area (Å²) < 4.78 is 5.49. The van der Waals surface area contributed by atoms with Gasteiger partial charge in [-0.15, -0.1) is 0 Å². The Labute approximate surface area is 110 Å². The highest BCUT2D eigenvalue weighted by molar-refractivity contribution is 5.50. The largest absolute Gasteiger partial charge is 0.496 e. The average Bonchev–Trinajstić information content (AvgIpc) is 2.87. The van der Waals surface area contributed by atoms with Crippen molar-refractivity contribution >= 4 is 0 Å². The summed E-state index contributed by atoms with van der Waals surface area (Å²) in [7, 11) is 1.77. The molecule has 0 bridgehead atoms. The van der Waals surface area contributed by atoms with Gasteiger partial charge in [0.05, 0.1) is 7.11 Å². The Bertz CT molecular complexity index is 447. The predicted octanol–water partition coefficient (Wildman–Crippen LogP) is 3.30. The van der Waals surface area contributed by atoms with Gasteiger partial charge in [-0.2, -0.15) is 0 Å². The van der Waals surface area contributed by atoms with Crippen molar-refractivity contribution in [3.63, 3.8) is 0 Å². The summed E-state index contributed by atoms with van der Waals surface area (Å²) in [5, 5.41) is 0. The van der Waals surface area contributed by atoms with E-state index in [4.69, 9.17) is 10.5 Å². The molecular formula is C16H23NO. The van der Waals surface area contributed by atoms with E-state index >= 15 is 0 Å². The van der Waals surface area contributed by atoms with Crippen molar-refractivity contribution < 1.29 is 4.74 Å². The molecule has 2 nitrogen and oxygen atoms in total. The molecule has 3 rings (SSSR count). The van der Waals surface area contributed by atoms with Gasteiger partial charge >= 0.3 is 0 Å². The highest BCUT2D eigenvalue weighted by Crippen LogP contribution is 2.42. The van der Waals surface area contributed by atoms with Crippen LogP contribution in [-0.4, -0.2) is 7.11 Å². The lowest BCUT2D eigenvalue weighted by Gasteiger charge is -2.35. The maximum absolute atomic E-state index is 6.70. The molecule has 2 aliphatic carbocycles. The van der Waals surface area contributed by atoms with Crippen LogP contribution < -0.4 is 10.5 Å². The van der Waals surface area contributed by atoms with Crippen molar-refractivity contribution in [1.29, 1.82) is 0 Å².